The average molecular weight is 409 g/mol. The molecule has 10 heteroatoms. The molecular weight excluding hydrogens is 394 g/mol. The van der Waals surface area contributed by atoms with Crippen LogP contribution in [0.3, 0.4) is 0 Å². The van der Waals surface area contributed by atoms with Crippen molar-refractivity contribution in [3.8, 4) is 17.1 Å². The zero-order valence-corrected chi connectivity index (χ0v) is 16.1. The quantitative estimate of drug-likeness (QED) is 0.332. The third kappa shape index (κ3) is 4.11. The van der Waals surface area contributed by atoms with Crippen molar-refractivity contribution in [1.82, 2.24) is 19.7 Å². The van der Waals surface area contributed by atoms with Crippen molar-refractivity contribution < 1.29 is 14.1 Å². The Balaban J connectivity index is 1.71. The number of aromatic nitrogens is 4. The largest absolute Gasteiger partial charge is 0.497 e. The van der Waals surface area contributed by atoms with Gasteiger partial charge in [-0.3, -0.25) is 14.7 Å². The molecule has 0 aliphatic rings. The van der Waals surface area contributed by atoms with Crippen molar-refractivity contribution in [2.24, 2.45) is 0 Å². The minimum atomic E-state index is -0.484. The lowest BCUT2D eigenvalue weighted by Crippen LogP contribution is -2.03. The summed E-state index contributed by atoms with van der Waals surface area (Å²) >= 11 is 1.26. The highest BCUT2D eigenvalue weighted by atomic mass is 32.2. The molecule has 4 rings (SSSR count). The van der Waals surface area contributed by atoms with Gasteiger partial charge in [-0.1, -0.05) is 12.1 Å². The molecule has 0 radical (unpaired) electrons. The normalized spacial score (nSPS) is 10.8. The zero-order chi connectivity index (χ0) is 20.2. The van der Waals surface area contributed by atoms with Crippen LogP contribution < -0.4 is 4.74 Å². The molecule has 9 nitrogen and oxygen atoms in total. The van der Waals surface area contributed by atoms with Crippen molar-refractivity contribution in [3.63, 3.8) is 0 Å². The molecule has 0 unspecified atom stereocenters. The van der Waals surface area contributed by atoms with Gasteiger partial charge in [-0.2, -0.15) is 0 Å². The maximum absolute atomic E-state index is 10.8. The Bertz CT molecular complexity index is 1130. The van der Waals surface area contributed by atoms with E-state index < -0.39 is 4.92 Å². The summed E-state index contributed by atoms with van der Waals surface area (Å²) < 4.78 is 12.7. The van der Waals surface area contributed by atoms with Crippen LogP contribution in [0.2, 0.25) is 0 Å². The lowest BCUT2D eigenvalue weighted by molar-refractivity contribution is -0.385. The van der Waals surface area contributed by atoms with Crippen molar-refractivity contribution in [1.29, 1.82) is 0 Å². The lowest BCUT2D eigenvalue weighted by Gasteiger charge is -2.09. The second-order valence-electron chi connectivity index (χ2n) is 5.92. The fraction of sp³-hybridized carbons (Fsp3) is 0.105. The topological polar surface area (TPSA) is 109 Å². The van der Waals surface area contributed by atoms with E-state index in [1.54, 1.807) is 19.4 Å². The number of furan rings is 1. The second kappa shape index (κ2) is 8.15. The highest BCUT2D eigenvalue weighted by molar-refractivity contribution is 7.99. The van der Waals surface area contributed by atoms with E-state index in [1.807, 2.05) is 41.0 Å². The van der Waals surface area contributed by atoms with Gasteiger partial charge in [0.05, 0.1) is 24.8 Å². The Morgan fingerprint density at radius 3 is 2.79 bits per heavy atom. The molecule has 29 heavy (non-hydrogen) atoms. The van der Waals surface area contributed by atoms with Gasteiger partial charge < -0.3 is 9.15 Å². The number of methoxy groups -OCH3 is 1. The highest BCUT2D eigenvalue weighted by Gasteiger charge is 2.18. The van der Waals surface area contributed by atoms with Gasteiger partial charge in [0.1, 0.15) is 22.7 Å². The van der Waals surface area contributed by atoms with Crippen LogP contribution in [-0.2, 0) is 6.54 Å². The van der Waals surface area contributed by atoms with Crippen molar-refractivity contribution in [2.45, 2.75) is 16.7 Å². The molecule has 0 bridgehead atoms. The van der Waals surface area contributed by atoms with Gasteiger partial charge in [0.25, 0.3) is 5.69 Å². The van der Waals surface area contributed by atoms with Crippen LogP contribution in [0.1, 0.15) is 5.76 Å². The summed E-state index contributed by atoms with van der Waals surface area (Å²) in [5.41, 5.74) is 0.774. The van der Waals surface area contributed by atoms with E-state index >= 15 is 0 Å². The van der Waals surface area contributed by atoms with E-state index in [0.717, 1.165) is 11.3 Å². The number of pyridine rings is 1. The summed E-state index contributed by atoms with van der Waals surface area (Å²) in [6, 6.07) is 14.2. The van der Waals surface area contributed by atoms with Gasteiger partial charge in [-0.25, -0.2) is 4.98 Å². The van der Waals surface area contributed by atoms with Gasteiger partial charge in [0.15, 0.2) is 11.0 Å². The zero-order valence-electron chi connectivity index (χ0n) is 15.3. The molecule has 0 N–H and O–H groups in total. The van der Waals surface area contributed by atoms with Crippen molar-refractivity contribution >= 4 is 17.4 Å². The smallest absolute Gasteiger partial charge is 0.287 e. The minimum absolute atomic E-state index is 0.0662. The third-order valence-corrected chi connectivity index (χ3v) is 5.00. The van der Waals surface area contributed by atoms with E-state index in [-0.39, 0.29) is 5.69 Å². The predicted octanol–water partition coefficient (Wildman–Crippen LogP) is 4.05. The van der Waals surface area contributed by atoms with E-state index in [4.69, 9.17) is 9.15 Å². The maximum Gasteiger partial charge on any atom is 0.287 e. The summed E-state index contributed by atoms with van der Waals surface area (Å²) in [5.74, 6) is 2.10. The minimum Gasteiger partial charge on any atom is -0.497 e. The van der Waals surface area contributed by atoms with E-state index in [1.165, 1.54) is 24.0 Å². The SMILES string of the molecule is COc1cccc(-c2nnc(Sc3ccc([N+](=O)[O-])cn3)n2Cc2ccco2)c1. The van der Waals surface area contributed by atoms with Crippen LogP contribution in [-0.4, -0.2) is 31.8 Å². The first-order valence-corrected chi connectivity index (χ1v) is 9.34. The van der Waals surface area contributed by atoms with Crippen LogP contribution in [0.4, 0.5) is 5.69 Å². The van der Waals surface area contributed by atoms with Gasteiger partial charge in [-0.15, -0.1) is 10.2 Å². The average Bonchev–Trinajstić information content (AvgIpc) is 3.39. The van der Waals surface area contributed by atoms with Crippen molar-refractivity contribution in [3.05, 3.63) is 76.9 Å². The predicted molar refractivity (Wildman–Crippen MR) is 105 cm³/mol. The molecule has 4 aromatic rings. The van der Waals surface area contributed by atoms with Crippen molar-refractivity contribution in [2.75, 3.05) is 7.11 Å². The van der Waals surface area contributed by atoms with Crippen LogP contribution in [0, 0.1) is 10.1 Å². The Hall–Kier alpha value is -3.66. The maximum atomic E-state index is 10.8. The Kier molecular flexibility index (Phi) is 5.25. The molecule has 0 spiro atoms. The molecule has 0 aliphatic heterocycles. The summed E-state index contributed by atoms with van der Waals surface area (Å²) in [7, 11) is 1.61. The fourth-order valence-electron chi connectivity index (χ4n) is 2.68. The first-order chi connectivity index (χ1) is 14.1. The summed E-state index contributed by atoms with van der Waals surface area (Å²) in [4.78, 5) is 14.5. The molecule has 0 aliphatic carbocycles. The van der Waals surface area contributed by atoms with Gasteiger partial charge in [-0.05, 0) is 42.1 Å². The Labute approximate surface area is 169 Å². The molecular formula is C19H15N5O4S. The third-order valence-electron chi connectivity index (χ3n) is 4.07. The summed E-state index contributed by atoms with van der Waals surface area (Å²) in [5, 5.41) is 20.6. The molecule has 3 aromatic heterocycles. The summed E-state index contributed by atoms with van der Waals surface area (Å²) in [6.07, 6.45) is 2.83. The number of rotatable bonds is 7. The molecule has 146 valence electrons. The number of hydrogen-bond acceptors (Lipinski definition) is 8. The number of nitro groups is 1. The number of benzene rings is 1. The number of ether oxygens (including phenoxy) is 1. The Morgan fingerprint density at radius 2 is 2.10 bits per heavy atom. The second-order valence-corrected chi connectivity index (χ2v) is 6.91. The van der Waals surface area contributed by atoms with E-state index in [2.05, 4.69) is 15.2 Å². The molecule has 0 saturated heterocycles. The molecule has 0 amide bonds. The van der Waals surface area contributed by atoms with Gasteiger partial charge in [0, 0.05) is 11.6 Å². The van der Waals surface area contributed by atoms with Crippen LogP contribution >= 0.6 is 11.8 Å². The fourth-order valence-corrected chi connectivity index (χ4v) is 3.45. The summed E-state index contributed by atoms with van der Waals surface area (Å²) in [6.45, 7) is 0.419. The lowest BCUT2D eigenvalue weighted by atomic mass is 10.2. The first kappa shape index (κ1) is 18.7. The highest BCUT2D eigenvalue weighted by Crippen LogP contribution is 2.31. The molecule has 0 fully saturated rings. The first-order valence-electron chi connectivity index (χ1n) is 8.52. The Morgan fingerprint density at radius 1 is 1.21 bits per heavy atom. The van der Waals surface area contributed by atoms with E-state index in [9.17, 15) is 10.1 Å². The molecule has 0 saturated carbocycles. The standard InChI is InChI=1S/C19H15N5O4S/c1-27-15-5-2-4-13(10-15)18-21-22-19(23(18)12-16-6-3-9-28-16)29-17-8-7-14(11-20-17)24(25)26/h2-11H,12H2,1H3. The van der Waals surface area contributed by atoms with Crippen LogP contribution in [0.25, 0.3) is 11.4 Å². The number of hydrogen-bond donors (Lipinski definition) is 0. The molecule has 3 heterocycles. The van der Waals surface area contributed by atoms with Crippen LogP contribution in [0.15, 0.2) is 75.6 Å². The van der Waals surface area contributed by atoms with Gasteiger partial charge >= 0.3 is 0 Å². The molecule has 0 atom stereocenters. The number of nitrogens with zero attached hydrogens (tertiary/aromatic N) is 5. The molecule has 1 aromatic carbocycles. The van der Waals surface area contributed by atoms with Gasteiger partial charge in [0.2, 0.25) is 0 Å². The van der Waals surface area contributed by atoms with E-state index in [0.29, 0.717) is 28.3 Å². The van der Waals surface area contributed by atoms with Crippen LogP contribution in [0.5, 0.6) is 5.75 Å². The monoisotopic (exact) mass is 409 g/mol.